The number of halogens is 2. The highest BCUT2D eigenvalue weighted by Crippen LogP contribution is 2.82. The summed E-state index contributed by atoms with van der Waals surface area (Å²) in [5, 5.41) is 0. The molecule has 3 atom stereocenters. The number of hydrogen-bond acceptors (Lipinski definition) is 2. The molecule has 0 amide bonds. The van der Waals surface area contributed by atoms with Crippen LogP contribution in [0.2, 0.25) is 0 Å². The van der Waals surface area contributed by atoms with Crippen LogP contribution in [-0.4, -0.2) is 18.0 Å². The maximum Gasteiger partial charge on any atom is 0.296 e. The fraction of sp³-hybridized carbons (Fsp3) is 0.750. The highest BCUT2D eigenvalue weighted by atomic mass is 19.3. The average Bonchev–Trinajstić information content (AvgIpc) is 2.82. The van der Waals surface area contributed by atoms with Gasteiger partial charge in [-0.1, -0.05) is 0 Å². The number of rotatable bonds is 2. The van der Waals surface area contributed by atoms with Crippen LogP contribution in [0.5, 0.6) is 0 Å². The van der Waals surface area contributed by atoms with Gasteiger partial charge in [-0.05, 0) is 17.8 Å². The third kappa shape index (κ3) is 0.499. The number of alkyl halides is 2. The molecule has 0 aromatic heterocycles. The molecular weight excluding hydrogens is 166 g/mol. The SMILES string of the molecule is O=C(C(F)F)C1C(=O)C2C3C1C23. The molecule has 4 saturated carbocycles. The van der Waals surface area contributed by atoms with Crippen LogP contribution in [0.4, 0.5) is 8.78 Å². The van der Waals surface area contributed by atoms with E-state index in [-0.39, 0.29) is 17.6 Å². The van der Waals surface area contributed by atoms with Crippen molar-refractivity contribution in [3.63, 3.8) is 0 Å². The highest BCUT2D eigenvalue weighted by Gasteiger charge is 2.86. The minimum absolute atomic E-state index is 0.00250. The largest absolute Gasteiger partial charge is 0.299 e. The van der Waals surface area contributed by atoms with Crippen LogP contribution in [-0.2, 0) is 9.59 Å². The first kappa shape index (κ1) is 6.69. The van der Waals surface area contributed by atoms with E-state index < -0.39 is 18.1 Å². The van der Waals surface area contributed by atoms with Gasteiger partial charge in [-0.25, -0.2) is 8.78 Å². The lowest BCUT2D eigenvalue weighted by Crippen LogP contribution is -2.26. The van der Waals surface area contributed by atoms with Crippen LogP contribution in [0.25, 0.3) is 0 Å². The second-order valence-electron chi connectivity index (χ2n) is 3.84. The topological polar surface area (TPSA) is 34.1 Å². The van der Waals surface area contributed by atoms with Gasteiger partial charge in [-0.2, -0.15) is 0 Å². The van der Waals surface area contributed by atoms with E-state index in [4.69, 9.17) is 0 Å². The van der Waals surface area contributed by atoms with Gasteiger partial charge >= 0.3 is 0 Å². The van der Waals surface area contributed by atoms with Crippen LogP contribution >= 0.6 is 0 Å². The van der Waals surface area contributed by atoms with E-state index in [1.165, 1.54) is 0 Å². The summed E-state index contributed by atoms with van der Waals surface area (Å²) in [4.78, 5) is 22.0. The number of fused-ring (bicyclic) bond motifs is 1. The smallest absolute Gasteiger partial charge is 0.296 e. The second kappa shape index (κ2) is 1.60. The summed E-state index contributed by atoms with van der Waals surface area (Å²) in [5.74, 6) is -1.61. The molecule has 4 aliphatic rings. The maximum absolute atomic E-state index is 12.0. The lowest BCUT2D eigenvalue weighted by Gasteiger charge is -2.04. The summed E-state index contributed by atoms with van der Waals surface area (Å²) in [7, 11) is 0. The predicted octanol–water partition coefficient (Wildman–Crippen LogP) is 0.512. The Hall–Kier alpha value is -0.800. The van der Waals surface area contributed by atoms with E-state index >= 15 is 0 Å². The van der Waals surface area contributed by atoms with Gasteiger partial charge < -0.3 is 0 Å². The fourth-order valence-corrected chi connectivity index (χ4v) is 2.76. The normalized spacial score (nSPS) is 52.6. The molecule has 4 fully saturated rings. The van der Waals surface area contributed by atoms with Crippen LogP contribution in [0.3, 0.4) is 0 Å². The molecule has 0 radical (unpaired) electrons. The molecule has 0 heterocycles. The summed E-state index contributed by atoms with van der Waals surface area (Å²) in [6, 6.07) is 0. The van der Waals surface area contributed by atoms with Gasteiger partial charge in [0.2, 0.25) is 5.78 Å². The van der Waals surface area contributed by atoms with E-state index in [1.807, 2.05) is 0 Å². The molecule has 3 unspecified atom stereocenters. The quantitative estimate of drug-likeness (QED) is 0.569. The minimum atomic E-state index is -2.96. The van der Waals surface area contributed by atoms with Gasteiger partial charge in [-0.3, -0.25) is 9.59 Å². The highest BCUT2D eigenvalue weighted by molar-refractivity contribution is 6.11. The van der Waals surface area contributed by atoms with Crippen LogP contribution in [0, 0.1) is 29.6 Å². The van der Waals surface area contributed by atoms with Crippen molar-refractivity contribution >= 4 is 11.6 Å². The first-order valence-corrected chi connectivity index (χ1v) is 4.00. The van der Waals surface area contributed by atoms with Crippen molar-refractivity contribution < 1.29 is 18.4 Å². The first-order valence-electron chi connectivity index (χ1n) is 4.00. The molecule has 12 heavy (non-hydrogen) atoms. The van der Waals surface area contributed by atoms with Gasteiger partial charge in [0.05, 0.1) is 5.92 Å². The summed E-state index contributed by atoms with van der Waals surface area (Å²) < 4.78 is 23.9. The lowest BCUT2D eigenvalue weighted by atomic mass is 10.0. The zero-order chi connectivity index (χ0) is 8.62. The van der Waals surface area contributed by atoms with E-state index in [0.717, 1.165) is 0 Å². The second-order valence-corrected chi connectivity index (χ2v) is 3.84. The van der Waals surface area contributed by atoms with Crippen LogP contribution in [0.15, 0.2) is 0 Å². The lowest BCUT2D eigenvalue weighted by molar-refractivity contribution is -0.138. The maximum atomic E-state index is 12.0. The fourth-order valence-electron chi connectivity index (χ4n) is 2.76. The third-order valence-electron chi connectivity index (χ3n) is 3.42. The molecule has 0 spiro atoms. The molecule has 2 nitrogen and oxygen atoms in total. The van der Waals surface area contributed by atoms with Crippen molar-refractivity contribution in [3.8, 4) is 0 Å². The zero-order valence-electron chi connectivity index (χ0n) is 6.04. The monoisotopic (exact) mass is 172 g/mol. The van der Waals surface area contributed by atoms with Crippen molar-refractivity contribution in [1.29, 1.82) is 0 Å². The molecule has 4 heteroatoms. The van der Waals surface area contributed by atoms with E-state index in [1.54, 1.807) is 0 Å². The summed E-state index contributed by atoms with van der Waals surface area (Å²) in [6.07, 6.45) is -2.96. The van der Waals surface area contributed by atoms with Gasteiger partial charge in [0.1, 0.15) is 5.78 Å². The number of hydrogen-bond donors (Lipinski definition) is 0. The van der Waals surface area contributed by atoms with Gasteiger partial charge in [0.15, 0.2) is 0 Å². The number of Topliss-reactive ketones (excluding diaryl/α,β-unsaturated/α-hetero) is 2. The molecule has 4 aliphatic carbocycles. The van der Waals surface area contributed by atoms with Crippen molar-refractivity contribution in [2.45, 2.75) is 6.43 Å². The molecule has 2 bridgehead atoms. The summed E-state index contributed by atoms with van der Waals surface area (Å²) >= 11 is 0. The van der Waals surface area contributed by atoms with Crippen molar-refractivity contribution in [2.24, 2.45) is 29.6 Å². The molecule has 0 aliphatic heterocycles. The van der Waals surface area contributed by atoms with E-state index in [2.05, 4.69) is 0 Å². The van der Waals surface area contributed by atoms with Gasteiger partial charge in [0.25, 0.3) is 6.43 Å². The van der Waals surface area contributed by atoms with E-state index in [9.17, 15) is 18.4 Å². The van der Waals surface area contributed by atoms with Gasteiger partial charge in [0, 0.05) is 5.92 Å². The predicted molar refractivity (Wildman–Crippen MR) is 33.5 cm³/mol. The molecular formula is C8H6F2O2. The number of carbonyl (C=O) groups excluding carboxylic acids is 2. The Morgan fingerprint density at radius 1 is 1.25 bits per heavy atom. The van der Waals surface area contributed by atoms with Crippen molar-refractivity contribution in [3.05, 3.63) is 0 Å². The van der Waals surface area contributed by atoms with E-state index in [0.29, 0.717) is 11.8 Å². The van der Waals surface area contributed by atoms with Crippen molar-refractivity contribution in [2.75, 3.05) is 0 Å². The molecule has 0 aromatic rings. The molecule has 0 N–H and O–H groups in total. The molecule has 4 rings (SSSR count). The average molecular weight is 172 g/mol. The Morgan fingerprint density at radius 2 is 1.83 bits per heavy atom. The molecule has 0 aromatic carbocycles. The Kier molecular flexibility index (Phi) is 0.894. The van der Waals surface area contributed by atoms with Crippen LogP contribution in [0.1, 0.15) is 0 Å². The standard InChI is InChI=1S/C8H6F2O2/c9-8(10)7(12)5-3-1-2(3)4(1)6(5)11/h1-5,8H. The molecule has 64 valence electrons. The Labute approximate surface area is 66.9 Å². The van der Waals surface area contributed by atoms with Gasteiger partial charge in [-0.15, -0.1) is 0 Å². The Bertz CT molecular complexity index is 289. The van der Waals surface area contributed by atoms with Crippen LogP contribution < -0.4 is 0 Å². The Morgan fingerprint density at radius 3 is 2.17 bits per heavy atom. The summed E-state index contributed by atoms with van der Waals surface area (Å²) in [5.41, 5.74) is 0. The van der Waals surface area contributed by atoms with Crippen molar-refractivity contribution in [1.82, 2.24) is 0 Å². The number of ketones is 2. The first-order chi connectivity index (χ1) is 5.64. The third-order valence-corrected chi connectivity index (χ3v) is 3.42. The minimum Gasteiger partial charge on any atom is -0.299 e. The summed E-state index contributed by atoms with van der Waals surface area (Å²) in [6.45, 7) is 0. The number of carbonyl (C=O) groups is 2. The zero-order valence-corrected chi connectivity index (χ0v) is 6.04. The molecule has 0 saturated heterocycles. The Balaban J connectivity index is 1.86.